The lowest BCUT2D eigenvalue weighted by Gasteiger charge is -2.42. The molecule has 0 radical (unpaired) electrons. The summed E-state index contributed by atoms with van der Waals surface area (Å²) in [6, 6.07) is 10.1. The van der Waals surface area contributed by atoms with E-state index < -0.39 is 0 Å². The van der Waals surface area contributed by atoms with Gasteiger partial charge in [0, 0.05) is 58.3 Å². The Balaban J connectivity index is 1.25. The highest BCUT2D eigenvalue weighted by atomic mass is 16.2. The van der Waals surface area contributed by atoms with Crippen LogP contribution in [0.3, 0.4) is 0 Å². The maximum Gasteiger partial charge on any atom is 0.335 e. The van der Waals surface area contributed by atoms with Gasteiger partial charge in [0.25, 0.3) is 5.56 Å². The van der Waals surface area contributed by atoms with Gasteiger partial charge in [0.1, 0.15) is 5.69 Å². The Morgan fingerprint density at radius 1 is 0.833 bits per heavy atom. The Morgan fingerprint density at radius 3 is 2.11 bits per heavy atom. The van der Waals surface area contributed by atoms with Crippen LogP contribution < -0.4 is 16.1 Å². The minimum Gasteiger partial charge on any atom is -0.366 e. The van der Waals surface area contributed by atoms with Crippen molar-refractivity contribution in [1.29, 1.82) is 0 Å². The van der Waals surface area contributed by atoms with E-state index in [9.17, 15) is 14.4 Å². The van der Waals surface area contributed by atoms with E-state index in [0.29, 0.717) is 30.5 Å². The van der Waals surface area contributed by atoms with E-state index in [-0.39, 0.29) is 23.1 Å². The van der Waals surface area contributed by atoms with Crippen LogP contribution in [-0.4, -0.2) is 70.2 Å². The fourth-order valence-corrected chi connectivity index (χ4v) is 6.41. The number of nitrogens with zero attached hydrogens (tertiary/aromatic N) is 5. The standard InChI is InChI=1S/C28H39N5O3/c1-21-25(27(35)29(2)28(36)33(21)24-11-7-4-8-12-24)31-15-13-22(14-16-31)26(34)32-19-17-30(18-20-32)23-9-5-3-6-10-23/h4,7-8,11-12,22-23H,3,5-6,9-10,13-20H2,1-2H3. The first-order valence-electron chi connectivity index (χ1n) is 13.6. The van der Waals surface area contributed by atoms with E-state index in [1.807, 2.05) is 37.3 Å². The molecule has 0 spiro atoms. The molecule has 1 saturated carbocycles. The molecule has 2 aromatic rings. The summed E-state index contributed by atoms with van der Waals surface area (Å²) in [5.74, 6) is 0.281. The molecule has 3 aliphatic rings. The van der Waals surface area contributed by atoms with Gasteiger partial charge in [-0.15, -0.1) is 0 Å². The van der Waals surface area contributed by atoms with Crippen LogP contribution in [0.25, 0.3) is 5.69 Å². The fraction of sp³-hybridized carbons (Fsp3) is 0.607. The summed E-state index contributed by atoms with van der Waals surface area (Å²) in [5.41, 5.74) is 1.35. The Hall–Kier alpha value is -2.87. The van der Waals surface area contributed by atoms with Gasteiger partial charge in [-0.1, -0.05) is 37.5 Å². The van der Waals surface area contributed by atoms with E-state index in [4.69, 9.17) is 0 Å². The van der Waals surface area contributed by atoms with Crippen molar-refractivity contribution in [3.8, 4) is 5.69 Å². The molecule has 0 unspecified atom stereocenters. The minimum atomic E-state index is -0.343. The van der Waals surface area contributed by atoms with Crippen LogP contribution in [0.15, 0.2) is 39.9 Å². The van der Waals surface area contributed by atoms with Gasteiger partial charge in [0.15, 0.2) is 0 Å². The zero-order chi connectivity index (χ0) is 25.2. The van der Waals surface area contributed by atoms with E-state index >= 15 is 0 Å². The predicted molar refractivity (Wildman–Crippen MR) is 142 cm³/mol. The molecule has 2 aliphatic heterocycles. The van der Waals surface area contributed by atoms with Crippen LogP contribution in [0.4, 0.5) is 5.69 Å². The molecule has 0 atom stereocenters. The summed E-state index contributed by atoms with van der Waals surface area (Å²) in [6.07, 6.45) is 8.13. The maximum absolute atomic E-state index is 13.3. The predicted octanol–water partition coefficient (Wildman–Crippen LogP) is 2.54. The lowest BCUT2D eigenvalue weighted by atomic mass is 9.93. The van der Waals surface area contributed by atoms with Gasteiger partial charge in [-0.25, -0.2) is 4.79 Å². The third-order valence-corrected chi connectivity index (χ3v) is 8.56. The molecule has 0 bridgehead atoms. The van der Waals surface area contributed by atoms with Gasteiger partial charge in [-0.3, -0.25) is 23.6 Å². The summed E-state index contributed by atoms with van der Waals surface area (Å²) in [5, 5.41) is 0. The summed E-state index contributed by atoms with van der Waals surface area (Å²) < 4.78 is 2.80. The van der Waals surface area contributed by atoms with Crippen LogP contribution in [0.2, 0.25) is 0 Å². The summed E-state index contributed by atoms with van der Waals surface area (Å²) in [4.78, 5) is 46.2. The SMILES string of the molecule is Cc1c(N2CCC(C(=O)N3CCN(C4CCCCC4)CC3)CC2)c(=O)n(C)c(=O)n1-c1ccccc1. The molecule has 0 N–H and O–H groups in total. The zero-order valence-corrected chi connectivity index (χ0v) is 21.7. The first kappa shape index (κ1) is 24.8. The van der Waals surface area contributed by atoms with Crippen LogP contribution in [0.1, 0.15) is 50.6 Å². The van der Waals surface area contributed by atoms with Crippen molar-refractivity contribution in [2.75, 3.05) is 44.2 Å². The highest BCUT2D eigenvalue weighted by Gasteiger charge is 2.33. The number of amides is 1. The number of carbonyl (C=O) groups excluding carboxylic acids is 1. The second-order valence-electron chi connectivity index (χ2n) is 10.7. The topological polar surface area (TPSA) is 70.8 Å². The molecule has 1 aromatic heterocycles. The lowest BCUT2D eigenvalue weighted by molar-refractivity contribution is -0.138. The van der Waals surface area contributed by atoms with Crippen molar-refractivity contribution in [3.63, 3.8) is 0 Å². The van der Waals surface area contributed by atoms with Crippen LogP contribution >= 0.6 is 0 Å². The number of anilines is 1. The lowest BCUT2D eigenvalue weighted by Crippen LogP contribution is -2.54. The minimum absolute atomic E-state index is 0.00617. The molecule has 8 heteroatoms. The second kappa shape index (κ2) is 10.6. The van der Waals surface area contributed by atoms with Gasteiger partial charge in [-0.05, 0) is 44.7 Å². The molecule has 3 heterocycles. The number of carbonyl (C=O) groups is 1. The van der Waals surface area contributed by atoms with Gasteiger partial charge < -0.3 is 9.80 Å². The van der Waals surface area contributed by atoms with E-state index in [0.717, 1.165) is 44.7 Å². The molecule has 36 heavy (non-hydrogen) atoms. The molecule has 1 aliphatic carbocycles. The first-order valence-corrected chi connectivity index (χ1v) is 13.6. The summed E-state index contributed by atoms with van der Waals surface area (Å²) in [6.45, 7) is 6.77. The normalized spacial score (nSPS) is 20.6. The van der Waals surface area contributed by atoms with Crippen LogP contribution in [-0.2, 0) is 11.8 Å². The number of piperazine rings is 1. The highest BCUT2D eigenvalue weighted by Crippen LogP contribution is 2.27. The molecule has 194 valence electrons. The van der Waals surface area contributed by atoms with Gasteiger partial charge in [0.2, 0.25) is 5.91 Å². The average molecular weight is 494 g/mol. The maximum atomic E-state index is 13.3. The number of para-hydroxylation sites is 1. The van der Waals surface area contributed by atoms with Crippen molar-refractivity contribution < 1.29 is 4.79 Å². The molecular formula is C28H39N5O3. The molecule has 5 rings (SSSR count). The highest BCUT2D eigenvalue weighted by molar-refractivity contribution is 5.79. The molecule has 1 aromatic carbocycles. The number of hydrogen-bond acceptors (Lipinski definition) is 5. The third-order valence-electron chi connectivity index (χ3n) is 8.56. The number of rotatable bonds is 4. The van der Waals surface area contributed by atoms with E-state index in [1.54, 1.807) is 4.57 Å². The van der Waals surface area contributed by atoms with Crippen LogP contribution in [0, 0.1) is 12.8 Å². The zero-order valence-electron chi connectivity index (χ0n) is 21.7. The van der Waals surface area contributed by atoms with Crippen molar-refractivity contribution in [1.82, 2.24) is 18.9 Å². The molecule has 1 amide bonds. The van der Waals surface area contributed by atoms with Crippen molar-refractivity contribution in [3.05, 3.63) is 56.9 Å². The number of hydrogen-bond donors (Lipinski definition) is 0. The van der Waals surface area contributed by atoms with Crippen molar-refractivity contribution in [2.45, 2.75) is 57.9 Å². The summed E-state index contributed by atoms with van der Waals surface area (Å²) >= 11 is 0. The van der Waals surface area contributed by atoms with Crippen molar-refractivity contribution in [2.24, 2.45) is 13.0 Å². The summed E-state index contributed by atoms with van der Waals surface area (Å²) in [7, 11) is 1.54. The molecule has 2 saturated heterocycles. The van der Waals surface area contributed by atoms with Crippen molar-refractivity contribution >= 4 is 11.6 Å². The second-order valence-corrected chi connectivity index (χ2v) is 10.7. The monoisotopic (exact) mass is 493 g/mol. The van der Waals surface area contributed by atoms with E-state index in [1.165, 1.54) is 43.7 Å². The first-order chi connectivity index (χ1) is 17.5. The van der Waals surface area contributed by atoms with Gasteiger partial charge in [-0.2, -0.15) is 0 Å². The van der Waals surface area contributed by atoms with Gasteiger partial charge in [0.05, 0.1) is 11.4 Å². The fourth-order valence-electron chi connectivity index (χ4n) is 6.41. The number of piperidine rings is 1. The Kier molecular flexibility index (Phi) is 7.32. The third kappa shape index (κ3) is 4.75. The quantitative estimate of drug-likeness (QED) is 0.655. The Bertz CT molecular complexity index is 1180. The number of benzene rings is 1. The van der Waals surface area contributed by atoms with E-state index in [2.05, 4.69) is 14.7 Å². The average Bonchev–Trinajstić information content (AvgIpc) is 2.93. The Labute approximate surface area is 213 Å². The largest absolute Gasteiger partial charge is 0.366 e. The molecular weight excluding hydrogens is 454 g/mol. The smallest absolute Gasteiger partial charge is 0.335 e. The van der Waals surface area contributed by atoms with Crippen LogP contribution in [0.5, 0.6) is 0 Å². The molecule has 8 nitrogen and oxygen atoms in total. The number of aromatic nitrogens is 2. The molecule has 3 fully saturated rings. The van der Waals surface area contributed by atoms with Gasteiger partial charge >= 0.3 is 5.69 Å². The Morgan fingerprint density at radius 2 is 1.47 bits per heavy atom.